The first-order valence-electron chi connectivity index (χ1n) is 10.3. The van der Waals surface area contributed by atoms with Crippen molar-refractivity contribution in [2.24, 2.45) is 12.5 Å². The molecule has 0 radical (unpaired) electrons. The van der Waals surface area contributed by atoms with Gasteiger partial charge in [0.25, 0.3) is 5.91 Å². The van der Waals surface area contributed by atoms with E-state index in [-0.39, 0.29) is 5.91 Å². The quantitative estimate of drug-likeness (QED) is 0.768. The molecule has 4 heterocycles. The van der Waals surface area contributed by atoms with Crippen molar-refractivity contribution in [2.45, 2.75) is 32.0 Å². The summed E-state index contributed by atoms with van der Waals surface area (Å²) in [5.41, 5.74) is 2.29. The number of nitrogens with zero attached hydrogens (tertiary/aromatic N) is 5. The number of carboxylic acid groups (broad SMARTS) is 1. The number of rotatable bonds is 3. The average Bonchev–Trinajstić information content (AvgIpc) is 3.36. The summed E-state index contributed by atoms with van der Waals surface area (Å²) in [6, 6.07) is 3.69. The van der Waals surface area contributed by atoms with Crippen LogP contribution in [0.25, 0.3) is 0 Å². The third-order valence-electron chi connectivity index (χ3n) is 5.96. The molecule has 1 spiro atoms. The highest BCUT2D eigenvalue weighted by molar-refractivity contribution is 5.94. The maximum atomic E-state index is 12.6. The van der Waals surface area contributed by atoms with Gasteiger partial charge in [-0.1, -0.05) is 0 Å². The van der Waals surface area contributed by atoms with Crippen LogP contribution in [0.15, 0.2) is 36.9 Å². The van der Waals surface area contributed by atoms with Crippen LogP contribution in [-0.4, -0.2) is 73.9 Å². The molecule has 0 unspecified atom stereocenters. The molecule has 1 amide bonds. The van der Waals surface area contributed by atoms with Crippen molar-refractivity contribution in [3.63, 3.8) is 0 Å². The lowest BCUT2D eigenvalue weighted by atomic mass is 9.77. The normalized spacial score (nSPS) is 18.3. The summed E-state index contributed by atoms with van der Waals surface area (Å²) in [5, 5.41) is 11.4. The smallest absolute Gasteiger partial charge is 0.475 e. The number of likely N-dealkylation sites (tertiary alicyclic amines) is 2. The predicted octanol–water partition coefficient (Wildman–Crippen LogP) is 2.58. The third kappa shape index (κ3) is 6.06. The molecule has 4 rings (SSSR count). The minimum Gasteiger partial charge on any atom is -0.475 e. The zero-order valence-electron chi connectivity index (χ0n) is 17.8. The van der Waals surface area contributed by atoms with Gasteiger partial charge in [0, 0.05) is 50.8 Å². The van der Waals surface area contributed by atoms with E-state index in [0.717, 1.165) is 39.1 Å². The summed E-state index contributed by atoms with van der Waals surface area (Å²) in [7, 11) is 1.96. The second kappa shape index (κ2) is 9.68. The van der Waals surface area contributed by atoms with Crippen LogP contribution < -0.4 is 0 Å². The summed E-state index contributed by atoms with van der Waals surface area (Å²) in [4.78, 5) is 30.1. The minimum absolute atomic E-state index is 0.128. The summed E-state index contributed by atoms with van der Waals surface area (Å²) >= 11 is 0. The van der Waals surface area contributed by atoms with Crippen LogP contribution in [0, 0.1) is 5.41 Å². The largest absolute Gasteiger partial charge is 0.490 e. The van der Waals surface area contributed by atoms with Gasteiger partial charge in [0.15, 0.2) is 0 Å². The highest BCUT2D eigenvalue weighted by Gasteiger charge is 2.42. The van der Waals surface area contributed by atoms with E-state index in [2.05, 4.69) is 21.2 Å². The number of carbonyl (C=O) groups is 2. The van der Waals surface area contributed by atoms with Crippen molar-refractivity contribution >= 4 is 11.9 Å². The number of hydrogen-bond donors (Lipinski definition) is 1. The third-order valence-corrected chi connectivity index (χ3v) is 5.96. The molecule has 1 N–H and O–H groups in total. The van der Waals surface area contributed by atoms with E-state index in [9.17, 15) is 18.0 Å². The first-order valence-corrected chi connectivity index (χ1v) is 10.3. The summed E-state index contributed by atoms with van der Waals surface area (Å²) < 4.78 is 33.6. The lowest BCUT2D eigenvalue weighted by Crippen LogP contribution is -2.41. The Morgan fingerprint density at radius 3 is 2.34 bits per heavy atom. The molecular formula is C21H26F3N5O3. The van der Waals surface area contributed by atoms with Gasteiger partial charge in [0.05, 0.1) is 11.8 Å². The van der Waals surface area contributed by atoms with Gasteiger partial charge >= 0.3 is 12.1 Å². The SMILES string of the molecule is Cn1cc(CN2CCC3(CC2)CCN(C(=O)c2cccnc2)C3)cn1.O=C(O)C(F)(F)F. The van der Waals surface area contributed by atoms with Gasteiger partial charge in [0.1, 0.15) is 0 Å². The molecule has 2 aromatic rings. The van der Waals surface area contributed by atoms with E-state index in [1.165, 1.54) is 18.4 Å². The molecule has 0 saturated carbocycles. The number of amides is 1. The van der Waals surface area contributed by atoms with Crippen molar-refractivity contribution in [3.8, 4) is 0 Å². The van der Waals surface area contributed by atoms with Gasteiger partial charge in [-0.05, 0) is 49.9 Å². The topological polar surface area (TPSA) is 91.6 Å². The average molecular weight is 453 g/mol. The van der Waals surface area contributed by atoms with E-state index in [4.69, 9.17) is 9.90 Å². The van der Waals surface area contributed by atoms with E-state index < -0.39 is 12.1 Å². The first-order chi connectivity index (χ1) is 15.1. The summed E-state index contributed by atoms with van der Waals surface area (Å²) in [6.45, 7) is 4.94. The Hall–Kier alpha value is -2.95. The molecule has 2 aliphatic rings. The second-order valence-electron chi connectivity index (χ2n) is 8.32. The number of halogens is 3. The molecule has 0 aliphatic carbocycles. The van der Waals surface area contributed by atoms with Crippen molar-refractivity contribution in [2.75, 3.05) is 26.2 Å². The fraction of sp³-hybridized carbons (Fsp3) is 0.524. The molecule has 8 nitrogen and oxygen atoms in total. The van der Waals surface area contributed by atoms with Crippen LogP contribution in [0.1, 0.15) is 35.2 Å². The van der Waals surface area contributed by atoms with Crippen LogP contribution in [0.4, 0.5) is 13.2 Å². The molecule has 2 fully saturated rings. The van der Waals surface area contributed by atoms with E-state index in [1.54, 1.807) is 12.4 Å². The highest BCUT2D eigenvalue weighted by atomic mass is 19.4. The fourth-order valence-electron chi connectivity index (χ4n) is 4.19. The number of pyridine rings is 1. The van der Waals surface area contributed by atoms with Gasteiger partial charge in [-0.3, -0.25) is 19.4 Å². The Kier molecular flexibility index (Phi) is 7.17. The van der Waals surface area contributed by atoms with Crippen LogP contribution >= 0.6 is 0 Å². The van der Waals surface area contributed by atoms with Crippen LogP contribution in [0.5, 0.6) is 0 Å². The number of piperidine rings is 1. The maximum Gasteiger partial charge on any atom is 0.490 e. The van der Waals surface area contributed by atoms with Gasteiger partial charge < -0.3 is 10.0 Å². The molecule has 2 aliphatic heterocycles. The fourth-order valence-corrected chi connectivity index (χ4v) is 4.19. The molecule has 0 bridgehead atoms. The van der Waals surface area contributed by atoms with Crippen molar-refractivity contribution in [3.05, 3.63) is 48.0 Å². The number of aryl methyl sites for hydroxylation is 1. The Labute approximate surface area is 183 Å². The van der Waals surface area contributed by atoms with Crippen LogP contribution in [-0.2, 0) is 18.4 Å². The Morgan fingerprint density at radius 2 is 1.81 bits per heavy atom. The molecule has 11 heteroatoms. The number of hydrogen-bond acceptors (Lipinski definition) is 5. The number of aromatic nitrogens is 3. The molecular weight excluding hydrogens is 427 g/mol. The Balaban J connectivity index is 0.000000360. The molecule has 32 heavy (non-hydrogen) atoms. The molecule has 0 atom stereocenters. The predicted molar refractivity (Wildman–Crippen MR) is 109 cm³/mol. The van der Waals surface area contributed by atoms with Gasteiger partial charge in [0.2, 0.25) is 0 Å². The van der Waals surface area contributed by atoms with Crippen molar-refractivity contribution in [1.82, 2.24) is 24.6 Å². The number of aliphatic carboxylic acids is 1. The van der Waals surface area contributed by atoms with Crippen molar-refractivity contribution < 1.29 is 27.9 Å². The maximum absolute atomic E-state index is 12.6. The van der Waals surface area contributed by atoms with E-state index in [1.807, 2.05) is 35.0 Å². The van der Waals surface area contributed by atoms with Crippen molar-refractivity contribution in [1.29, 1.82) is 0 Å². The van der Waals surface area contributed by atoms with Gasteiger partial charge in [-0.15, -0.1) is 0 Å². The second-order valence-corrected chi connectivity index (χ2v) is 8.32. The van der Waals surface area contributed by atoms with Crippen LogP contribution in [0.3, 0.4) is 0 Å². The lowest BCUT2D eigenvalue weighted by Gasteiger charge is -2.39. The summed E-state index contributed by atoms with van der Waals surface area (Å²) in [6.07, 6.45) is 5.81. The number of alkyl halides is 3. The minimum atomic E-state index is -5.08. The standard InChI is InChI=1S/C19H25N5O.C2HF3O2/c1-22-13-16(11-21-22)14-23-8-4-19(5-9-23)6-10-24(15-19)18(25)17-3-2-7-20-12-17;3-2(4,5)1(6)7/h2-3,7,11-13H,4-6,8-10,14-15H2,1H3;(H,6,7). The molecule has 0 aromatic carbocycles. The lowest BCUT2D eigenvalue weighted by molar-refractivity contribution is -0.192. The molecule has 2 aromatic heterocycles. The number of carbonyl (C=O) groups excluding carboxylic acids is 1. The van der Waals surface area contributed by atoms with Gasteiger partial charge in [-0.25, -0.2) is 4.79 Å². The Bertz CT molecular complexity index is 924. The summed E-state index contributed by atoms with van der Waals surface area (Å²) in [5.74, 6) is -2.63. The highest BCUT2D eigenvalue weighted by Crippen LogP contribution is 2.41. The zero-order chi connectivity index (χ0) is 23.4. The Morgan fingerprint density at radius 1 is 1.16 bits per heavy atom. The van der Waals surface area contributed by atoms with Gasteiger partial charge in [-0.2, -0.15) is 18.3 Å². The zero-order valence-corrected chi connectivity index (χ0v) is 17.8. The first kappa shape index (κ1) is 23.7. The monoisotopic (exact) mass is 453 g/mol. The van der Waals surface area contributed by atoms with E-state index in [0.29, 0.717) is 11.0 Å². The van der Waals surface area contributed by atoms with E-state index >= 15 is 0 Å². The molecule has 174 valence electrons. The molecule has 2 saturated heterocycles. The number of carboxylic acids is 1. The van der Waals surface area contributed by atoms with Crippen LogP contribution in [0.2, 0.25) is 0 Å².